The van der Waals surface area contributed by atoms with Crippen LogP contribution in [0.2, 0.25) is 5.02 Å². The molecule has 1 aromatic heterocycles. The fourth-order valence-corrected chi connectivity index (χ4v) is 5.61. The molecular weight excluding hydrogens is 420 g/mol. The molecule has 146 valence electrons. The summed E-state index contributed by atoms with van der Waals surface area (Å²) >= 11 is 9.20. The number of thioether (sulfide) groups is 1. The standard InChI is InChI=1S/C23H19ClN2OS2/c24-17-9-11-18(12-10-17)28-14-15-5-7-16(8-6-15)22(27)26-23-20(13-25)19-3-1-2-4-21(19)29-23/h5-12H,1-4,14H2,(H,26,27). The van der Waals surface area contributed by atoms with Gasteiger partial charge in [-0.1, -0.05) is 23.7 Å². The van der Waals surface area contributed by atoms with Gasteiger partial charge in [-0.3, -0.25) is 4.79 Å². The first-order valence-corrected chi connectivity index (χ1v) is 11.7. The second-order valence-electron chi connectivity index (χ2n) is 6.92. The number of halogens is 1. The molecule has 0 bridgehead atoms. The van der Waals surface area contributed by atoms with Crippen molar-refractivity contribution in [3.63, 3.8) is 0 Å². The van der Waals surface area contributed by atoms with E-state index in [1.807, 2.05) is 48.5 Å². The van der Waals surface area contributed by atoms with E-state index in [0.717, 1.165) is 52.5 Å². The van der Waals surface area contributed by atoms with Crippen LogP contribution in [0.25, 0.3) is 0 Å². The largest absolute Gasteiger partial charge is 0.312 e. The summed E-state index contributed by atoms with van der Waals surface area (Å²) in [6.45, 7) is 0. The molecule has 1 aliphatic rings. The Kier molecular flexibility index (Phi) is 6.25. The molecule has 1 N–H and O–H groups in total. The van der Waals surface area contributed by atoms with Gasteiger partial charge < -0.3 is 5.32 Å². The molecule has 0 unspecified atom stereocenters. The lowest BCUT2D eigenvalue weighted by molar-refractivity contribution is 0.102. The van der Waals surface area contributed by atoms with E-state index in [-0.39, 0.29) is 5.91 Å². The first-order chi connectivity index (χ1) is 14.1. The van der Waals surface area contributed by atoms with Crippen LogP contribution in [-0.4, -0.2) is 5.91 Å². The predicted octanol–water partition coefficient (Wildman–Crippen LogP) is 6.70. The van der Waals surface area contributed by atoms with Crippen molar-refractivity contribution >= 4 is 45.6 Å². The molecule has 0 aliphatic heterocycles. The fraction of sp³-hybridized carbons (Fsp3) is 0.217. The average molecular weight is 439 g/mol. The number of carbonyl (C=O) groups is 1. The third-order valence-corrected chi connectivity index (χ3v) is 7.49. The molecule has 2 aromatic carbocycles. The van der Waals surface area contributed by atoms with Gasteiger partial charge in [-0.2, -0.15) is 5.26 Å². The van der Waals surface area contributed by atoms with Gasteiger partial charge in [-0.15, -0.1) is 23.1 Å². The molecule has 1 heterocycles. The molecule has 0 spiro atoms. The molecule has 0 atom stereocenters. The number of nitriles is 1. The van der Waals surface area contributed by atoms with E-state index < -0.39 is 0 Å². The summed E-state index contributed by atoms with van der Waals surface area (Å²) in [5, 5.41) is 13.9. The number of fused-ring (bicyclic) bond motifs is 1. The van der Waals surface area contributed by atoms with Crippen LogP contribution in [0, 0.1) is 11.3 Å². The number of aryl methyl sites for hydroxylation is 1. The van der Waals surface area contributed by atoms with Gasteiger partial charge in [-0.05, 0) is 73.2 Å². The van der Waals surface area contributed by atoms with Gasteiger partial charge in [0.1, 0.15) is 11.1 Å². The lowest BCUT2D eigenvalue weighted by Crippen LogP contribution is -2.11. The third kappa shape index (κ3) is 4.67. The molecule has 0 saturated heterocycles. The highest BCUT2D eigenvalue weighted by Crippen LogP contribution is 2.37. The SMILES string of the molecule is N#Cc1c(NC(=O)c2ccc(CSc3ccc(Cl)cc3)cc2)sc2c1CCCC2. The first kappa shape index (κ1) is 20.0. The van der Waals surface area contributed by atoms with Crippen molar-refractivity contribution < 1.29 is 4.79 Å². The van der Waals surface area contributed by atoms with Crippen LogP contribution in [0.15, 0.2) is 53.4 Å². The Morgan fingerprint density at radius 3 is 2.55 bits per heavy atom. The quantitative estimate of drug-likeness (QED) is 0.451. The molecule has 3 nitrogen and oxygen atoms in total. The van der Waals surface area contributed by atoms with E-state index in [1.165, 1.54) is 4.88 Å². The van der Waals surface area contributed by atoms with Crippen molar-refractivity contribution in [2.75, 3.05) is 5.32 Å². The molecule has 1 aliphatic carbocycles. The number of thiophene rings is 1. The number of carbonyl (C=O) groups excluding carboxylic acids is 1. The summed E-state index contributed by atoms with van der Waals surface area (Å²) in [5.74, 6) is 0.650. The highest BCUT2D eigenvalue weighted by Gasteiger charge is 2.22. The summed E-state index contributed by atoms with van der Waals surface area (Å²) in [6, 6.07) is 17.7. The molecular formula is C23H19ClN2OS2. The zero-order valence-electron chi connectivity index (χ0n) is 15.7. The van der Waals surface area contributed by atoms with Gasteiger partial charge in [0.05, 0.1) is 5.56 Å². The highest BCUT2D eigenvalue weighted by atomic mass is 35.5. The fourth-order valence-electron chi connectivity index (χ4n) is 3.40. The molecule has 6 heteroatoms. The van der Waals surface area contributed by atoms with Crippen molar-refractivity contribution in [1.82, 2.24) is 0 Å². The first-order valence-electron chi connectivity index (χ1n) is 9.47. The number of nitrogens with zero attached hydrogens (tertiary/aromatic N) is 1. The molecule has 0 radical (unpaired) electrons. The Hall–Kier alpha value is -2.26. The Balaban J connectivity index is 1.41. The molecule has 0 fully saturated rings. The summed E-state index contributed by atoms with van der Waals surface area (Å²) in [6.07, 6.45) is 4.21. The zero-order chi connectivity index (χ0) is 20.2. The number of hydrogen-bond acceptors (Lipinski definition) is 4. The van der Waals surface area contributed by atoms with Gasteiger partial charge in [0.2, 0.25) is 0 Å². The van der Waals surface area contributed by atoms with Crippen LogP contribution in [0.3, 0.4) is 0 Å². The van der Waals surface area contributed by atoms with Gasteiger partial charge in [0, 0.05) is 26.1 Å². The topological polar surface area (TPSA) is 52.9 Å². The maximum atomic E-state index is 12.7. The van der Waals surface area contributed by atoms with Crippen LogP contribution in [0.5, 0.6) is 0 Å². The van der Waals surface area contributed by atoms with Gasteiger partial charge in [0.25, 0.3) is 5.91 Å². The van der Waals surface area contributed by atoms with Crippen molar-refractivity contribution in [1.29, 1.82) is 5.26 Å². The second-order valence-corrected chi connectivity index (χ2v) is 9.51. The summed E-state index contributed by atoms with van der Waals surface area (Å²) in [7, 11) is 0. The van der Waals surface area contributed by atoms with Crippen molar-refractivity contribution in [2.45, 2.75) is 36.3 Å². The predicted molar refractivity (Wildman–Crippen MR) is 121 cm³/mol. The monoisotopic (exact) mass is 438 g/mol. The molecule has 0 saturated carbocycles. The second kappa shape index (κ2) is 9.04. The Bertz CT molecular complexity index is 1070. The highest BCUT2D eigenvalue weighted by molar-refractivity contribution is 7.98. The summed E-state index contributed by atoms with van der Waals surface area (Å²) in [5.41, 5.74) is 3.52. The minimum Gasteiger partial charge on any atom is -0.312 e. The minimum atomic E-state index is -0.169. The Morgan fingerprint density at radius 1 is 1.10 bits per heavy atom. The molecule has 4 rings (SSSR count). The van der Waals surface area contributed by atoms with E-state index in [1.54, 1.807) is 23.1 Å². The van der Waals surface area contributed by atoms with Crippen LogP contribution in [0.4, 0.5) is 5.00 Å². The number of nitrogens with one attached hydrogen (secondary N) is 1. The Morgan fingerprint density at radius 2 is 1.83 bits per heavy atom. The van der Waals surface area contributed by atoms with Crippen molar-refractivity contribution in [2.24, 2.45) is 0 Å². The number of amides is 1. The Labute approximate surface area is 183 Å². The molecule has 3 aromatic rings. The number of anilines is 1. The van der Waals surface area contributed by atoms with E-state index in [9.17, 15) is 10.1 Å². The van der Waals surface area contributed by atoms with Crippen molar-refractivity contribution in [3.8, 4) is 6.07 Å². The van der Waals surface area contributed by atoms with Crippen LogP contribution >= 0.6 is 34.7 Å². The maximum Gasteiger partial charge on any atom is 0.256 e. The molecule has 29 heavy (non-hydrogen) atoms. The lowest BCUT2D eigenvalue weighted by atomic mass is 9.96. The van der Waals surface area contributed by atoms with Gasteiger partial charge >= 0.3 is 0 Å². The van der Waals surface area contributed by atoms with Gasteiger partial charge in [-0.25, -0.2) is 0 Å². The number of rotatable bonds is 5. The van der Waals surface area contributed by atoms with Crippen molar-refractivity contribution in [3.05, 3.63) is 80.7 Å². The van der Waals surface area contributed by atoms with E-state index in [4.69, 9.17) is 11.6 Å². The van der Waals surface area contributed by atoms with Crippen LogP contribution in [0.1, 0.15) is 44.8 Å². The van der Waals surface area contributed by atoms with Gasteiger partial charge in [0.15, 0.2) is 0 Å². The smallest absolute Gasteiger partial charge is 0.256 e. The number of hydrogen-bond donors (Lipinski definition) is 1. The zero-order valence-corrected chi connectivity index (χ0v) is 18.1. The van der Waals surface area contributed by atoms with E-state index >= 15 is 0 Å². The van der Waals surface area contributed by atoms with E-state index in [2.05, 4.69) is 11.4 Å². The average Bonchev–Trinajstić information content (AvgIpc) is 3.10. The molecule has 1 amide bonds. The third-order valence-electron chi connectivity index (χ3n) is 4.95. The normalized spacial score (nSPS) is 12.8. The summed E-state index contributed by atoms with van der Waals surface area (Å²) < 4.78 is 0. The maximum absolute atomic E-state index is 12.7. The van der Waals surface area contributed by atoms with Crippen LogP contribution in [-0.2, 0) is 18.6 Å². The van der Waals surface area contributed by atoms with E-state index in [0.29, 0.717) is 16.1 Å². The number of benzene rings is 2. The lowest BCUT2D eigenvalue weighted by Gasteiger charge is -2.09. The van der Waals surface area contributed by atoms with Crippen LogP contribution < -0.4 is 5.32 Å². The minimum absolute atomic E-state index is 0.169. The summed E-state index contributed by atoms with van der Waals surface area (Å²) in [4.78, 5) is 15.1.